The Labute approximate surface area is 168 Å². The van der Waals surface area contributed by atoms with Gasteiger partial charge in [0.1, 0.15) is 5.58 Å². The smallest absolute Gasteiger partial charge is 0.291 e. The van der Waals surface area contributed by atoms with Crippen molar-refractivity contribution in [3.8, 4) is 0 Å². The average molecular weight is 412 g/mol. The van der Waals surface area contributed by atoms with Crippen LogP contribution < -0.4 is 10.6 Å². The summed E-state index contributed by atoms with van der Waals surface area (Å²) in [6.07, 6.45) is 3.13. The van der Waals surface area contributed by atoms with Crippen LogP contribution in [0, 0.1) is 0 Å². The van der Waals surface area contributed by atoms with E-state index in [9.17, 15) is 18.0 Å². The minimum atomic E-state index is -3.37. The zero-order valence-electron chi connectivity index (χ0n) is 15.8. The molecule has 2 aromatic carbocycles. The fourth-order valence-electron chi connectivity index (χ4n) is 3.08. The van der Waals surface area contributed by atoms with Gasteiger partial charge >= 0.3 is 0 Å². The average Bonchev–Trinajstić information content (AvgIpc) is 3.41. The highest BCUT2D eigenvalue weighted by atomic mass is 32.2. The molecule has 1 aliphatic rings. The fourth-order valence-corrected chi connectivity index (χ4v) is 3.89. The van der Waals surface area contributed by atoms with Crippen molar-refractivity contribution in [1.29, 1.82) is 0 Å². The Bertz CT molecular complexity index is 1190. The van der Waals surface area contributed by atoms with Gasteiger partial charge in [-0.1, -0.05) is 18.2 Å². The molecule has 2 amide bonds. The van der Waals surface area contributed by atoms with E-state index >= 15 is 0 Å². The second-order valence-corrected chi connectivity index (χ2v) is 9.40. The van der Waals surface area contributed by atoms with Crippen LogP contribution in [-0.4, -0.2) is 32.5 Å². The third-order valence-corrected chi connectivity index (χ3v) is 5.44. The maximum Gasteiger partial charge on any atom is 0.291 e. The van der Waals surface area contributed by atoms with Gasteiger partial charge in [-0.3, -0.25) is 9.59 Å². The summed E-state index contributed by atoms with van der Waals surface area (Å²) in [6, 6.07) is 13.7. The third-order valence-electron chi connectivity index (χ3n) is 4.63. The summed E-state index contributed by atoms with van der Waals surface area (Å²) in [5, 5.41) is 6.20. The minimum Gasteiger partial charge on any atom is -0.451 e. The van der Waals surface area contributed by atoms with Crippen molar-refractivity contribution in [2.75, 3.05) is 11.6 Å². The van der Waals surface area contributed by atoms with Crippen molar-refractivity contribution in [2.24, 2.45) is 0 Å². The molecule has 1 aromatic heterocycles. The molecule has 2 N–H and O–H groups in total. The molecule has 1 saturated carbocycles. The van der Waals surface area contributed by atoms with E-state index < -0.39 is 15.7 Å². The van der Waals surface area contributed by atoms with Gasteiger partial charge in [0.15, 0.2) is 15.6 Å². The highest BCUT2D eigenvalue weighted by Crippen LogP contribution is 2.28. The fraction of sp³-hybridized carbons (Fsp3) is 0.238. The number of sulfone groups is 1. The van der Waals surface area contributed by atoms with Gasteiger partial charge in [-0.2, -0.15) is 0 Å². The Morgan fingerprint density at radius 3 is 2.38 bits per heavy atom. The summed E-state index contributed by atoms with van der Waals surface area (Å²) >= 11 is 0. The van der Waals surface area contributed by atoms with E-state index in [0.29, 0.717) is 27.8 Å². The lowest BCUT2D eigenvalue weighted by Gasteiger charge is -2.07. The quantitative estimate of drug-likeness (QED) is 0.647. The van der Waals surface area contributed by atoms with E-state index in [-0.39, 0.29) is 23.5 Å². The Morgan fingerprint density at radius 2 is 1.72 bits per heavy atom. The van der Waals surface area contributed by atoms with Crippen LogP contribution in [0.25, 0.3) is 11.0 Å². The van der Waals surface area contributed by atoms with Gasteiger partial charge < -0.3 is 15.1 Å². The molecular formula is C21H20N2O5S. The van der Waals surface area contributed by atoms with Crippen LogP contribution >= 0.6 is 0 Å². The van der Waals surface area contributed by atoms with E-state index in [1.807, 2.05) is 0 Å². The van der Waals surface area contributed by atoms with E-state index in [0.717, 1.165) is 19.1 Å². The van der Waals surface area contributed by atoms with Gasteiger partial charge in [-0.15, -0.1) is 0 Å². The summed E-state index contributed by atoms with van der Waals surface area (Å²) in [5.74, 6) is -1.02. The second kappa shape index (κ2) is 7.36. The van der Waals surface area contributed by atoms with Gasteiger partial charge in [-0.05, 0) is 43.2 Å². The van der Waals surface area contributed by atoms with Crippen LogP contribution in [0.2, 0.25) is 0 Å². The second-order valence-electron chi connectivity index (χ2n) is 7.26. The Hall–Kier alpha value is -3.13. The largest absolute Gasteiger partial charge is 0.451 e. The van der Waals surface area contributed by atoms with Crippen molar-refractivity contribution in [1.82, 2.24) is 5.32 Å². The van der Waals surface area contributed by atoms with Crippen molar-refractivity contribution in [3.05, 3.63) is 65.4 Å². The van der Waals surface area contributed by atoms with Gasteiger partial charge in [-0.25, -0.2) is 8.42 Å². The standard InChI is InChI=1S/C21H20N2O5S/c1-29(26,27)12-17-16-4-2-3-5-18(16)28-19(17)21(25)23-14-8-6-13(7-9-14)20(24)22-15-10-11-15/h2-9,15H,10-12H2,1H3,(H,22,24)(H,23,25). The number of para-hydroxylation sites is 1. The molecule has 1 aliphatic carbocycles. The summed E-state index contributed by atoms with van der Waals surface area (Å²) in [5.41, 5.74) is 1.77. The summed E-state index contributed by atoms with van der Waals surface area (Å²) in [4.78, 5) is 24.8. The number of fused-ring (bicyclic) bond motifs is 1. The Balaban J connectivity index is 1.57. The van der Waals surface area contributed by atoms with E-state index in [1.54, 1.807) is 48.5 Å². The van der Waals surface area contributed by atoms with Crippen molar-refractivity contribution in [3.63, 3.8) is 0 Å². The SMILES string of the molecule is CS(=O)(=O)Cc1c(C(=O)Nc2ccc(C(=O)NC3CC3)cc2)oc2ccccc12. The summed E-state index contributed by atoms with van der Waals surface area (Å²) in [7, 11) is -3.37. The number of nitrogens with one attached hydrogen (secondary N) is 2. The molecular weight excluding hydrogens is 392 g/mol. The molecule has 0 radical (unpaired) electrons. The van der Waals surface area contributed by atoms with Gasteiger partial charge in [0.05, 0.1) is 5.75 Å². The zero-order chi connectivity index (χ0) is 20.6. The normalized spacial score (nSPS) is 14.0. The first-order valence-electron chi connectivity index (χ1n) is 9.20. The van der Waals surface area contributed by atoms with Crippen LogP contribution in [0.1, 0.15) is 39.3 Å². The molecule has 0 bridgehead atoms. The molecule has 7 nitrogen and oxygen atoms in total. The van der Waals surface area contributed by atoms with E-state index in [4.69, 9.17) is 4.42 Å². The maximum absolute atomic E-state index is 12.8. The van der Waals surface area contributed by atoms with Crippen molar-refractivity contribution >= 4 is 38.3 Å². The molecule has 0 saturated heterocycles. The molecule has 4 rings (SSSR count). The number of carbonyl (C=O) groups excluding carboxylic acids is 2. The maximum atomic E-state index is 12.8. The first-order chi connectivity index (χ1) is 13.8. The predicted octanol–water partition coefficient (Wildman–Crippen LogP) is 3.12. The molecule has 3 aromatic rings. The number of benzene rings is 2. The molecule has 0 aliphatic heterocycles. The molecule has 8 heteroatoms. The van der Waals surface area contributed by atoms with Crippen LogP contribution in [0.3, 0.4) is 0 Å². The molecule has 29 heavy (non-hydrogen) atoms. The lowest BCUT2D eigenvalue weighted by atomic mass is 10.1. The Kier molecular flexibility index (Phi) is 4.87. The monoisotopic (exact) mass is 412 g/mol. The summed E-state index contributed by atoms with van der Waals surface area (Å²) < 4.78 is 29.3. The molecule has 0 unspecified atom stereocenters. The number of carbonyl (C=O) groups is 2. The van der Waals surface area contributed by atoms with Gasteiger partial charge in [0, 0.05) is 34.5 Å². The zero-order valence-corrected chi connectivity index (χ0v) is 16.6. The highest BCUT2D eigenvalue weighted by molar-refractivity contribution is 7.89. The minimum absolute atomic E-state index is 0.0350. The first kappa shape index (κ1) is 19.2. The van der Waals surface area contributed by atoms with Crippen LogP contribution in [0.4, 0.5) is 5.69 Å². The van der Waals surface area contributed by atoms with Gasteiger partial charge in [0.2, 0.25) is 0 Å². The molecule has 1 fully saturated rings. The lowest BCUT2D eigenvalue weighted by molar-refractivity contribution is 0.0950. The van der Waals surface area contributed by atoms with Crippen LogP contribution in [0.5, 0.6) is 0 Å². The predicted molar refractivity (Wildman–Crippen MR) is 110 cm³/mol. The number of rotatable bonds is 6. The molecule has 0 atom stereocenters. The highest BCUT2D eigenvalue weighted by Gasteiger charge is 2.25. The van der Waals surface area contributed by atoms with Crippen molar-refractivity contribution < 1.29 is 22.4 Å². The van der Waals surface area contributed by atoms with E-state index in [1.165, 1.54) is 0 Å². The van der Waals surface area contributed by atoms with Crippen molar-refractivity contribution in [2.45, 2.75) is 24.6 Å². The summed E-state index contributed by atoms with van der Waals surface area (Å²) in [6.45, 7) is 0. The number of hydrogen-bond donors (Lipinski definition) is 2. The Morgan fingerprint density at radius 1 is 1.03 bits per heavy atom. The lowest BCUT2D eigenvalue weighted by Crippen LogP contribution is -2.25. The van der Waals surface area contributed by atoms with Crippen LogP contribution in [-0.2, 0) is 15.6 Å². The van der Waals surface area contributed by atoms with Gasteiger partial charge in [0.25, 0.3) is 11.8 Å². The molecule has 150 valence electrons. The topological polar surface area (TPSA) is 105 Å². The molecule has 1 heterocycles. The first-order valence-corrected chi connectivity index (χ1v) is 11.3. The van der Waals surface area contributed by atoms with Crippen LogP contribution in [0.15, 0.2) is 52.9 Å². The number of hydrogen-bond acceptors (Lipinski definition) is 5. The number of amides is 2. The number of furan rings is 1. The molecule has 0 spiro atoms. The third kappa shape index (κ3) is 4.48. The number of anilines is 1. The van der Waals surface area contributed by atoms with E-state index in [2.05, 4.69) is 10.6 Å².